The molecule has 4 aliphatic rings. The number of rotatable bonds is 3. The van der Waals surface area contributed by atoms with Gasteiger partial charge in [0.05, 0.1) is 0 Å². The van der Waals surface area contributed by atoms with E-state index >= 15 is 0 Å². The Morgan fingerprint density at radius 2 is 1.96 bits per heavy atom. The lowest BCUT2D eigenvalue weighted by molar-refractivity contribution is -0.162. The minimum atomic E-state index is -4.48. The molecular formula is C19H26F3N3O2S. The molecular weight excluding hydrogens is 391 g/mol. The zero-order chi connectivity index (χ0) is 20.1. The van der Waals surface area contributed by atoms with Gasteiger partial charge in [0.1, 0.15) is 11.2 Å². The predicted molar refractivity (Wildman–Crippen MR) is 101 cm³/mol. The summed E-state index contributed by atoms with van der Waals surface area (Å²) in [5, 5.41) is 4.18. The molecule has 1 unspecified atom stereocenters. The monoisotopic (exact) mass is 417 g/mol. The molecule has 5 nitrogen and oxygen atoms in total. The first kappa shape index (κ1) is 20.0. The molecule has 0 spiro atoms. The van der Waals surface area contributed by atoms with E-state index < -0.39 is 23.3 Å². The van der Waals surface area contributed by atoms with Gasteiger partial charge in [-0.15, -0.1) is 0 Å². The second kappa shape index (κ2) is 7.22. The number of carbonyl (C=O) groups is 2. The number of hydrogen-bond acceptors (Lipinski definition) is 4. The Morgan fingerprint density at radius 1 is 1.25 bits per heavy atom. The van der Waals surface area contributed by atoms with Gasteiger partial charge in [0, 0.05) is 19.1 Å². The molecule has 0 aromatic carbocycles. The number of piperidine rings is 1. The zero-order valence-electron chi connectivity index (χ0n) is 15.9. The number of hydrogen-bond donors (Lipinski definition) is 1. The van der Waals surface area contributed by atoms with Crippen LogP contribution in [-0.4, -0.2) is 51.9 Å². The molecule has 0 radical (unpaired) electrons. The fourth-order valence-corrected chi connectivity index (χ4v) is 6.61. The molecule has 2 amide bonds. The zero-order valence-corrected chi connectivity index (χ0v) is 16.7. The van der Waals surface area contributed by atoms with Crippen LogP contribution in [0.1, 0.15) is 51.9 Å². The van der Waals surface area contributed by atoms with Crippen LogP contribution in [0, 0.1) is 17.8 Å². The first-order valence-corrected chi connectivity index (χ1v) is 10.9. The highest BCUT2D eigenvalue weighted by Crippen LogP contribution is 2.47. The number of amides is 2. The van der Waals surface area contributed by atoms with Crippen molar-refractivity contribution in [1.82, 2.24) is 10.2 Å². The van der Waals surface area contributed by atoms with Gasteiger partial charge in [-0.25, -0.2) is 0 Å². The molecule has 28 heavy (non-hydrogen) atoms. The van der Waals surface area contributed by atoms with Crippen LogP contribution >= 0.6 is 11.8 Å². The van der Waals surface area contributed by atoms with E-state index in [0.717, 1.165) is 12.3 Å². The second-order valence-electron chi connectivity index (χ2n) is 8.80. The van der Waals surface area contributed by atoms with Crippen molar-refractivity contribution >= 4 is 28.7 Å². The number of thioether (sulfide) groups is 1. The normalized spacial score (nSPS) is 36.1. The summed E-state index contributed by atoms with van der Waals surface area (Å²) in [5.41, 5.74) is 0. The van der Waals surface area contributed by atoms with Crippen LogP contribution in [0.2, 0.25) is 0 Å². The number of fused-ring (bicyclic) bond motifs is 2. The highest BCUT2D eigenvalue weighted by Gasteiger charge is 2.50. The van der Waals surface area contributed by atoms with Crippen LogP contribution in [0.25, 0.3) is 0 Å². The maximum atomic E-state index is 12.7. The number of halogens is 3. The second-order valence-corrected chi connectivity index (χ2v) is 10.2. The molecule has 3 fully saturated rings. The highest BCUT2D eigenvalue weighted by atomic mass is 32.2. The molecule has 2 aliphatic heterocycles. The summed E-state index contributed by atoms with van der Waals surface area (Å²) in [5.74, 6) is 0.441. The first-order chi connectivity index (χ1) is 13.1. The van der Waals surface area contributed by atoms with E-state index in [1.165, 1.54) is 35.9 Å². The molecule has 0 aromatic heterocycles. The van der Waals surface area contributed by atoms with Crippen LogP contribution in [-0.2, 0) is 9.59 Å². The number of carbonyl (C=O) groups excluding carboxylic acids is 2. The van der Waals surface area contributed by atoms with E-state index in [1.807, 2.05) is 6.92 Å². The molecule has 1 saturated heterocycles. The minimum absolute atomic E-state index is 0.00279. The summed E-state index contributed by atoms with van der Waals surface area (Å²) in [7, 11) is 0. The number of alkyl halides is 3. The lowest BCUT2D eigenvalue weighted by atomic mass is 9.84. The Morgan fingerprint density at radius 3 is 2.54 bits per heavy atom. The average Bonchev–Trinajstić information content (AvgIpc) is 3.29. The third-order valence-corrected chi connectivity index (χ3v) is 8.30. The molecule has 4 atom stereocenters. The maximum absolute atomic E-state index is 12.7. The first-order valence-electron chi connectivity index (χ1n) is 10.1. The van der Waals surface area contributed by atoms with Gasteiger partial charge in [0.25, 0.3) is 5.91 Å². The van der Waals surface area contributed by atoms with Crippen LogP contribution in [0.5, 0.6) is 0 Å². The fourth-order valence-electron chi connectivity index (χ4n) is 5.33. The molecule has 2 bridgehead atoms. The van der Waals surface area contributed by atoms with Crippen molar-refractivity contribution in [3.63, 3.8) is 0 Å². The van der Waals surface area contributed by atoms with Gasteiger partial charge in [-0.2, -0.15) is 18.2 Å². The van der Waals surface area contributed by atoms with Crippen molar-refractivity contribution in [3.8, 4) is 0 Å². The Bertz CT molecular complexity index is 690. The molecule has 2 heterocycles. The molecule has 0 aromatic rings. The molecule has 156 valence electrons. The fraction of sp³-hybridized carbons (Fsp3) is 0.842. The molecule has 2 saturated carbocycles. The summed E-state index contributed by atoms with van der Waals surface area (Å²) in [4.78, 5) is 30.0. The van der Waals surface area contributed by atoms with E-state index in [9.17, 15) is 22.8 Å². The lowest BCUT2D eigenvalue weighted by Crippen LogP contribution is -2.47. The Balaban J connectivity index is 1.31. The largest absolute Gasteiger partial charge is 0.397 e. The van der Waals surface area contributed by atoms with E-state index in [2.05, 4.69) is 10.3 Å². The average molecular weight is 417 g/mol. The van der Waals surface area contributed by atoms with Gasteiger partial charge < -0.3 is 10.2 Å². The topological polar surface area (TPSA) is 61.8 Å². The molecule has 1 N–H and O–H groups in total. The third-order valence-electron chi connectivity index (χ3n) is 6.96. The van der Waals surface area contributed by atoms with E-state index in [-0.39, 0.29) is 24.9 Å². The lowest BCUT2D eigenvalue weighted by Gasteiger charge is -2.38. The van der Waals surface area contributed by atoms with Crippen molar-refractivity contribution < 1.29 is 22.8 Å². The smallest absolute Gasteiger partial charge is 0.361 e. The van der Waals surface area contributed by atoms with E-state index in [1.54, 1.807) is 0 Å². The van der Waals surface area contributed by atoms with Crippen LogP contribution in [0.4, 0.5) is 13.2 Å². The number of nitrogens with one attached hydrogen (secondary N) is 1. The van der Waals surface area contributed by atoms with Gasteiger partial charge in [-0.3, -0.25) is 9.59 Å². The number of nitrogens with zero attached hydrogens (tertiary/aromatic N) is 2. The summed E-state index contributed by atoms with van der Waals surface area (Å²) < 4.78 is 36.6. The highest BCUT2D eigenvalue weighted by molar-refractivity contribution is 8.16. The Hall–Kier alpha value is -1.25. The maximum Gasteiger partial charge on any atom is 0.397 e. The standard InChI is InChI=1S/C19H26F3N3O2S/c1-18(13-4-6-25(7-5-13)15(26)10-19(20,21)22)16(27)24-17(28-18)23-14-9-11-2-3-12(14)8-11/h11-14H,2-10H2,1H3,(H,23,24,27)/t11-,12-,14-,18?/m0/s1. The van der Waals surface area contributed by atoms with Crippen LogP contribution in [0.3, 0.4) is 0 Å². The van der Waals surface area contributed by atoms with Gasteiger partial charge in [-0.05, 0) is 56.8 Å². The quantitative estimate of drug-likeness (QED) is 0.765. The molecule has 4 rings (SSSR count). The van der Waals surface area contributed by atoms with Crippen molar-refractivity contribution in [2.24, 2.45) is 22.7 Å². The summed E-state index contributed by atoms with van der Waals surface area (Å²) in [6.07, 6.45) is 0.126. The Kier molecular flexibility index (Phi) is 5.17. The van der Waals surface area contributed by atoms with Gasteiger partial charge >= 0.3 is 6.18 Å². The molecule has 2 aliphatic carbocycles. The molecule has 9 heteroatoms. The predicted octanol–water partition coefficient (Wildman–Crippen LogP) is 3.34. The van der Waals surface area contributed by atoms with Gasteiger partial charge in [0.15, 0.2) is 5.17 Å². The Labute approximate surface area is 166 Å². The summed E-state index contributed by atoms with van der Waals surface area (Å²) in [6.45, 7) is 2.41. The van der Waals surface area contributed by atoms with Crippen molar-refractivity contribution in [2.45, 2.75) is 68.8 Å². The van der Waals surface area contributed by atoms with Gasteiger partial charge in [-0.1, -0.05) is 18.2 Å². The van der Waals surface area contributed by atoms with E-state index in [4.69, 9.17) is 0 Å². The van der Waals surface area contributed by atoms with Crippen LogP contribution < -0.4 is 5.32 Å². The SMILES string of the molecule is CC1(C2CCN(C(=O)CC(F)(F)F)CC2)SC(N[C@H]2C[C@H]3CC[C@H]2C3)=NC1=O. The van der Waals surface area contributed by atoms with Crippen molar-refractivity contribution in [1.29, 1.82) is 0 Å². The van der Waals surface area contributed by atoms with Crippen LogP contribution in [0.15, 0.2) is 4.99 Å². The summed E-state index contributed by atoms with van der Waals surface area (Å²) in [6, 6.07) is 0.405. The number of aliphatic imine (C=N–C) groups is 1. The van der Waals surface area contributed by atoms with Gasteiger partial charge in [0.2, 0.25) is 5.91 Å². The van der Waals surface area contributed by atoms with Crippen molar-refractivity contribution in [3.05, 3.63) is 0 Å². The number of likely N-dealkylation sites (tertiary alicyclic amines) is 1. The summed E-state index contributed by atoms with van der Waals surface area (Å²) >= 11 is 1.47. The minimum Gasteiger partial charge on any atom is -0.361 e. The van der Waals surface area contributed by atoms with Crippen molar-refractivity contribution in [2.75, 3.05) is 13.1 Å². The number of amidine groups is 1. The third kappa shape index (κ3) is 3.91. The van der Waals surface area contributed by atoms with E-state index in [0.29, 0.717) is 30.0 Å².